The van der Waals surface area contributed by atoms with Crippen LogP contribution < -0.4 is 10.6 Å². The molecule has 130 valence electrons. The molecule has 0 aliphatic rings. The van der Waals surface area contributed by atoms with Gasteiger partial charge in [-0.3, -0.25) is 10.3 Å². The molecular weight excluding hydrogens is 359 g/mol. The number of hydrogen-bond donors (Lipinski definition) is 2. The molecule has 0 aliphatic carbocycles. The van der Waals surface area contributed by atoms with Gasteiger partial charge in [-0.15, -0.1) is 11.3 Å². The Balaban J connectivity index is 0.00000225. The molecule has 0 aliphatic heterocycles. The summed E-state index contributed by atoms with van der Waals surface area (Å²) in [5.41, 5.74) is 2.40. The van der Waals surface area contributed by atoms with Crippen LogP contribution in [0.4, 0.5) is 14.3 Å². The van der Waals surface area contributed by atoms with Crippen molar-refractivity contribution in [3.63, 3.8) is 0 Å². The predicted octanol–water partition coefficient (Wildman–Crippen LogP) is 4.34. The Morgan fingerprint density at radius 3 is 2.72 bits per heavy atom. The highest BCUT2D eigenvalue weighted by molar-refractivity contribution is 7.59. The molecule has 1 aromatic carbocycles. The van der Waals surface area contributed by atoms with Gasteiger partial charge in [-0.25, -0.2) is 14.2 Å². The molecule has 0 spiro atoms. The molecular formula is C17H17FN4OS2. The maximum absolute atomic E-state index is 13.2. The van der Waals surface area contributed by atoms with Gasteiger partial charge in [0.25, 0.3) is 0 Å². The minimum Gasteiger partial charge on any atom is -0.331 e. The van der Waals surface area contributed by atoms with Crippen LogP contribution in [0.1, 0.15) is 18.5 Å². The number of carbonyl (C=O) groups excluding carboxylic acids is 1. The zero-order valence-electron chi connectivity index (χ0n) is 13.4. The van der Waals surface area contributed by atoms with E-state index in [1.54, 1.807) is 31.5 Å². The average molecular weight is 376 g/mol. The van der Waals surface area contributed by atoms with Crippen LogP contribution in [-0.2, 0) is 0 Å². The van der Waals surface area contributed by atoms with E-state index in [4.69, 9.17) is 0 Å². The number of carbonyl (C=O) groups is 1. The Morgan fingerprint density at radius 1 is 1.24 bits per heavy atom. The number of thiazole rings is 1. The highest BCUT2D eigenvalue weighted by Crippen LogP contribution is 2.24. The van der Waals surface area contributed by atoms with Crippen molar-refractivity contribution in [2.75, 3.05) is 5.32 Å². The van der Waals surface area contributed by atoms with Gasteiger partial charge in [0.05, 0.1) is 11.7 Å². The first-order chi connectivity index (χ1) is 11.6. The molecule has 1 atom stereocenters. The van der Waals surface area contributed by atoms with E-state index in [9.17, 15) is 9.18 Å². The summed E-state index contributed by atoms with van der Waals surface area (Å²) in [7, 11) is 0. The topological polar surface area (TPSA) is 66.9 Å². The Kier molecular flexibility index (Phi) is 6.49. The highest BCUT2D eigenvalue weighted by Gasteiger charge is 2.12. The van der Waals surface area contributed by atoms with Gasteiger partial charge in [0.1, 0.15) is 5.82 Å². The summed E-state index contributed by atoms with van der Waals surface area (Å²) >= 11 is 1.33. The predicted molar refractivity (Wildman–Crippen MR) is 103 cm³/mol. The lowest BCUT2D eigenvalue weighted by atomic mass is 10.1. The summed E-state index contributed by atoms with van der Waals surface area (Å²) in [4.78, 5) is 20.4. The van der Waals surface area contributed by atoms with Gasteiger partial charge in [-0.1, -0.05) is 12.1 Å². The Morgan fingerprint density at radius 2 is 2.00 bits per heavy atom. The van der Waals surface area contributed by atoms with Gasteiger partial charge in [-0.05, 0) is 36.8 Å². The van der Waals surface area contributed by atoms with E-state index >= 15 is 0 Å². The average Bonchev–Trinajstić information content (AvgIpc) is 3.04. The molecule has 0 saturated carbocycles. The van der Waals surface area contributed by atoms with Gasteiger partial charge in [0.2, 0.25) is 0 Å². The lowest BCUT2D eigenvalue weighted by Gasteiger charge is -2.14. The number of nitrogens with zero attached hydrogens (tertiary/aromatic N) is 2. The number of pyridine rings is 1. The van der Waals surface area contributed by atoms with E-state index in [-0.39, 0.29) is 31.4 Å². The van der Waals surface area contributed by atoms with Crippen LogP contribution in [0, 0.1) is 5.82 Å². The molecule has 0 fully saturated rings. The number of anilines is 1. The minimum absolute atomic E-state index is 0. The molecule has 3 rings (SSSR count). The van der Waals surface area contributed by atoms with Gasteiger partial charge in [0.15, 0.2) is 5.13 Å². The van der Waals surface area contributed by atoms with E-state index in [1.807, 2.05) is 17.5 Å². The number of rotatable bonds is 4. The molecule has 0 unspecified atom stereocenters. The monoisotopic (exact) mass is 376 g/mol. The normalized spacial score (nSPS) is 11.3. The number of urea groups is 1. The smallest absolute Gasteiger partial charge is 0.321 e. The second-order valence-corrected chi connectivity index (χ2v) is 6.01. The number of aromatic nitrogens is 2. The summed E-state index contributed by atoms with van der Waals surface area (Å²) in [6.45, 7) is 1.79. The van der Waals surface area contributed by atoms with Crippen LogP contribution in [0.3, 0.4) is 0 Å². The minimum atomic E-state index is -0.387. The van der Waals surface area contributed by atoms with Crippen molar-refractivity contribution in [1.82, 2.24) is 15.3 Å². The quantitative estimate of drug-likeness (QED) is 0.712. The van der Waals surface area contributed by atoms with Crippen LogP contribution in [0.15, 0.2) is 54.2 Å². The Hall–Kier alpha value is -2.45. The summed E-state index contributed by atoms with van der Waals surface area (Å²) in [5, 5.41) is 7.81. The van der Waals surface area contributed by atoms with E-state index in [2.05, 4.69) is 20.6 Å². The molecule has 2 heterocycles. The summed E-state index contributed by atoms with van der Waals surface area (Å²) in [5.74, 6) is -0.330. The maximum Gasteiger partial charge on any atom is 0.321 e. The van der Waals surface area contributed by atoms with E-state index in [0.29, 0.717) is 10.7 Å². The van der Waals surface area contributed by atoms with Crippen molar-refractivity contribution in [3.05, 3.63) is 65.6 Å². The van der Waals surface area contributed by atoms with Crippen LogP contribution >= 0.6 is 24.8 Å². The van der Waals surface area contributed by atoms with Gasteiger partial charge in [0, 0.05) is 23.3 Å². The van der Waals surface area contributed by atoms with Crippen molar-refractivity contribution >= 4 is 36.0 Å². The maximum atomic E-state index is 13.2. The van der Waals surface area contributed by atoms with Crippen molar-refractivity contribution < 1.29 is 9.18 Å². The van der Waals surface area contributed by atoms with Crippen LogP contribution in [0.25, 0.3) is 11.3 Å². The zero-order valence-corrected chi connectivity index (χ0v) is 15.2. The van der Waals surface area contributed by atoms with Gasteiger partial charge >= 0.3 is 6.03 Å². The molecule has 2 aromatic heterocycles. The Bertz CT molecular complexity index is 841. The number of benzene rings is 1. The third-order valence-electron chi connectivity index (χ3n) is 3.40. The fourth-order valence-corrected chi connectivity index (χ4v) is 2.89. The third kappa shape index (κ3) is 5.01. The molecule has 5 nitrogen and oxygen atoms in total. The first-order valence-electron chi connectivity index (χ1n) is 7.31. The van der Waals surface area contributed by atoms with Crippen LogP contribution in [0.2, 0.25) is 0 Å². The fraction of sp³-hybridized carbons (Fsp3) is 0.118. The van der Waals surface area contributed by atoms with Crippen molar-refractivity contribution in [3.8, 4) is 11.3 Å². The first-order valence-corrected chi connectivity index (χ1v) is 8.18. The number of amides is 2. The van der Waals surface area contributed by atoms with Crippen molar-refractivity contribution in [2.24, 2.45) is 0 Å². The van der Waals surface area contributed by atoms with Crippen LogP contribution in [-0.4, -0.2) is 16.0 Å². The molecule has 25 heavy (non-hydrogen) atoms. The van der Waals surface area contributed by atoms with Crippen LogP contribution in [0.5, 0.6) is 0 Å². The second-order valence-electron chi connectivity index (χ2n) is 5.15. The van der Waals surface area contributed by atoms with Crippen molar-refractivity contribution in [1.29, 1.82) is 0 Å². The highest BCUT2D eigenvalue weighted by atomic mass is 32.1. The third-order valence-corrected chi connectivity index (χ3v) is 4.15. The van der Waals surface area contributed by atoms with Gasteiger partial charge < -0.3 is 5.32 Å². The largest absolute Gasteiger partial charge is 0.331 e. The lowest BCUT2D eigenvalue weighted by molar-refractivity contribution is 0.249. The lowest BCUT2D eigenvalue weighted by Crippen LogP contribution is -2.31. The SMILES string of the molecule is C[C@H](NC(=O)Nc1nc(-c2ccncc2)cs1)c1cccc(F)c1.S. The van der Waals surface area contributed by atoms with E-state index < -0.39 is 0 Å². The van der Waals surface area contributed by atoms with E-state index in [1.165, 1.54) is 23.5 Å². The summed E-state index contributed by atoms with van der Waals surface area (Å²) < 4.78 is 13.2. The summed E-state index contributed by atoms with van der Waals surface area (Å²) in [6, 6.07) is 9.14. The number of halogens is 1. The molecule has 2 amide bonds. The number of nitrogens with one attached hydrogen (secondary N) is 2. The Labute approximate surface area is 155 Å². The molecule has 2 N–H and O–H groups in total. The number of hydrogen-bond acceptors (Lipinski definition) is 4. The van der Waals surface area contributed by atoms with E-state index in [0.717, 1.165) is 11.3 Å². The van der Waals surface area contributed by atoms with Crippen molar-refractivity contribution in [2.45, 2.75) is 13.0 Å². The zero-order chi connectivity index (χ0) is 16.9. The molecule has 0 radical (unpaired) electrons. The molecule has 0 saturated heterocycles. The standard InChI is InChI=1S/C17H15FN4OS.H2S/c1-11(13-3-2-4-14(18)9-13)20-16(23)22-17-21-15(10-24-17)12-5-7-19-8-6-12;/h2-11H,1H3,(H2,20,21,22,23);1H2/t11-;/m0./s1. The van der Waals surface area contributed by atoms with Gasteiger partial charge in [-0.2, -0.15) is 13.5 Å². The molecule has 0 bridgehead atoms. The second kappa shape index (κ2) is 8.59. The summed E-state index contributed by atoms with van der Waals surface area (Å²) in [6.07, 6.45) is 3.38. The molecule has 8 heteroatoms. The first kappa shape index (κ1) is 18.9. The fourth-order valence-electron chi connectivity index (χ4n) is 2.18. The molecule has 3 aromatic rings.